The van der Waals surface area contributed by atoms with Gasteiger partial charge in [0.05, 0.1) is 23.5 Å². The molecule has 4 nitrogen and oxygen atoms in total. The van der Waals surface area contributed by atoms with E-state index in [1.165, 1.54) is 6.07 Å². The number of aliphatic hydroxyl groups is 1. The normalized spacial score (nSPS) is 27.6. The summed E-state index contributed by atoms with van der Waals surface area (Å²) in [5.74, 6) is -0.497. The quantitative estimate of drug-likeness (QED) is 0.833. The van der Waals surface area contributed by atoms with Crippen LogP contribution in [0.1, 0.15) is 17.7 Å². The molecule has 0 unspecified atom stereocenters. The number of hydrogen-bond acceptors (Lipinski definition) is 4. The van der Waals surface area contributed by atoms with E-state index in [0.29, 0.717) is 12.5 Å². The summed E-state index contributed by atoms with van der Waals surface area (Å²) < 4.78 is 77.5. The molecule has 4 atom stereocenters. The first-order valence-corrected chi connectivity index (χ1v) is 7.02. The lowest BCUT2D eigenvalue weighted by molar-refractivity contribution is -0.210. The zero-order chi connectivity index (χ0) is 17.9. The van der Waals surface area contributed by atoms with Crippen molar-refractivity contribution in [2.45, 2.75) is 30.9 Å². The molecule has 0 bridgehead atoms. The largest absolute Gasteiger partial charge is 0.419 e. The van der Waals surface area contributed by atoms with Gasteiger partial charge < -0.3 is 10.0 Å². The predicted molar refractivity (Wildman–Crippen MR) is 68.7 cm³/mol. The fourth-order valence-corrected chi connectivity index (χ4v) is 3.30. The van der Waals surface area contributed by atoms with Crippen LogP contribution in [0.25, 0.3) is 0 Å². The highest BCUT2D eigenvalue weighted by atomic mass is 19.4. The van der Waals surface area contributed by atoms with E-state index in [1.54, 1.807) is 0 Å². The second-order valence-electron chi connectivity index (χ2n) is 5.99. The van der Waals surface area contributed by atoms with Crippen LogP contribution < -0.4 is 4.90 Å². The molecule has 2 heterocycles. The van der Waals surface area contributed by atoms with E-state index in [1.807, 2.05) is 0 Å². The Morgan fingerprint density at radius 3 is 2.50 bits per heavy atom. The Labute approximate surface area is 132 Å². The summed E-state index contributed by atoms with van der Waals surface area (Å²) in [6, 6.07) is 0.592. The second-order valence-corrected chi connectivity index (χ2v) is 5.99. The summed E-state index contributed by atoms with van der Waals surface area (Å²) in [5, 5.41) is 18.3. The molecule has 130 valence electrons. The Balaban J connectivity index is 1.98. The van der Waals surface area contributed by atoms with Crippen molar-refractivity contribution >= 4 is 5.69 Å². The zero-order valence-electron chi connectivity index (χ0n) is 11.9. The van der Waals surface area contributed by atoms with Gasteiger partial charge in [-0.05, 0) is 24.3 Å². The maximum Gasteiger partial charge on any atom is 0.419 e. The van der Waals surface area contributed by atoms with Gasteiger partial charge in [0.25, 0.3) is 0 Å². The van der Waals surface area contributed by atoms with Crippen LogP contribution in [-0.2, 0) is 6.18 Å². The van der Waals surface area contributed by atoms with Crippen LogP contribution >= 0.6 is 0 Å². The maximum absolute atomic E-state index is 13.0. The average Bonchev–Trinajstić information content (AvgIpc) is 3.15. The summed E-state index contributed by atoms with van der Waals surface area (Å²) in [4.78, 5) is 4.53. The SMILES string of the molecule is N#Cc1ncc(N2C[C@H]3C[C@H]3[C@@H]2[C@H](O)C(F)(F)F)cc1C(F)(F)F. The van der Waals surface area contributed by atoms with Crippen LogP contribution in [0.4, 0.5) is 32.0 Å². The smallest absolute Gasteiger partial charge is 0.382 e. The summed E-state index contributed by atoms with van der Waals surface area (Å²) in [5.41, 5.74) is -2.33. The van der Waals surface area contributed by atoms with E-state index in [-0.39, 0.29) is 18.2 Å². The van der Waals surface area contributed by atoms with Crippen molar-refractivity contribution in [2.24, 2.45) is 11.8 Å². The summed E-state index contributed by atoms with van der Waals surface area (Å²) in [6.45, 7) is 0.118. The van der Waals surface area contributed by atoms with Crippen LogP contribution in [0.3, 0.4) is 0 Å². The molecule has 24 heavy (non-hydrogen) atoms. The Hall–Kier alpha value is -2.02. The van der Waals surface area contributed by atoms with Gasteiger partial charge in [0.1, 0.15) is 6.07 Å². The molecule has 1 saturated heterocycles. The lowest BCUT2D eigenvalue weighted by Crippen LogP contribution is -2.49. The van der Waals surface area contributed by atoms with E-state index in [4.69, 9.17) is 5.26 Å². The van der Waals surface area contributed by atoms with Crippen molar-refractivity contribution in [3.05, 3.63) is 23.5 Å². The summed E-state index contributed by atoms with van der Waals surface area (Å²) >= 11 is 0. The third-order valence-corrected chi connectivity index (χ3v) is 4.48. The minimum absolute atomic E-state index is 0.0861. The number of nitrogens with zero attached hydrogens (tertiary/aromatic N) is 3. The predicted octanol–water partition coefficient (Wildman–Crippen LogP) is 2.72. The lowest BCUT2D eigenvalue weighted by Gasteiger charge is -2.33. The molecule has 2 fully saturated rings. The van der Waals surface area contributed by atoms with E-state index < -0.39 is 41.7 Å². The molecule has 1 saturated carbocycles. The fraction of sp³-hybridized carbons (Fsp3) is 0.571. The number of aromatic nitrogens is 1. The van der Waals surface area contributed by atoms with Gasteiger partial charge in [0.15, 0.2) is 11.8 Å². The molecular formula is C14H11F6N3O. The highest BCUT2D eigenvalue weighted by molar-refractivity contribution is 5.54. The number of halogens is 6. The molecule has 1 aliphatic heterocycles. The van der Waals surface area contributed by atoms with Gasteiger partial charge in [0.2, 0.25) is 0 Å². The molecular weight excluding hydrogens is 340 g/mol. The van der Waals surface area contributed by atoms with Gasteiger partial charge in [-0.2, -0.15) is 31.6 Å². The number of anilines is 1. The van der Waals surface area contributed by atoms with Crippen molar-refractivity contribution in [3.8, 4) is 6.07 Å². The van der Waals surface area contributed by atoms with E-state index in [9.17, 15) is 31.4 Å². The minimum Gasteiger partial charge on any atom is -0.382 e. The fourth-order valence-electron chi connectivity index (χ4n) is 3.30. The molecule has 0 aromatic carbocycles. The van der Waals surface area contributed by atoms with Crippen molar-refractivity contribution in [3.63, 3.8) is 0 Å². The Kier molecular flexibility index (Phi) is 3.67. The van der Waals surface area contributed by atoms with Crippen LogP contribution in [0.2, 0.25) is 0 Å². The highest BCUT2D eigenvalue weighted by Gasteiger charge is 2.60. The third-order valence-electron chi connectivity index (χ3n) is 4.48. The first-order valence-electron chi connectivity index (χ1n) is 7.02. The number of alkyl halides is 6. The topological polar surface area (TPSA) is 60.2 Å². The molecule has 3 rings (SSSR count). The molecule has 1 aromatic heterocycles. The summed E-state index contributed by atoms with van der Waals surface area (Å²) in [6.07, 6.45) is -10.9. The molecule has 1 aliphatic carbocycles. The van der Waals surface area contributed by atoms with Crippen molar-refractivity contribution < 1.29 is 31.4 Å². The molecule has 1 aromatic rings. The Morgan fingerprint density at radius 2 is 1.96 bits per heavy atom. The van der Waals surface area contributed by atoms with Gasteiger partial charge in [-0.25, -0.2) is 4.98 Å². The van der Waals surface area contributed by atoms with Crippen LogP contribution in [0.15, 0.2) is 12.3 Å². The zero-order valence-corrected chi connectivity index (χ0v) is 11.9. The van der Waals surface area contributed by atoms with Gasteiger partial charge in [-0.1, -0.05) is 0 Å². The van der Waals surface area contributed by atoms with Gasteiger partial charge in [-0.15, -0.1) is 0 Å². The van der Waals surface area contributed by atoms with Crippen LogP contribution in [0.5, 0.6) is 0 Å². The number of rotatable bonds is 2. The van der Waals surface area contributed by atoms with Crippen molar-refractivity contribution in [1.29, 1.82) is 5.26 Å². The lowest BCUT2D eigenvalue weighted by atomic mass is 10.0. The van der Waals surface area contributed by atoms with Crippen LogP contribution in [-0.4, -0.2) is 35.0 Å². The molecule has 0 radical (unpaired) electrons. The third kappa shape index (κ3) is 2.77. The molecule has 0 amide bonds. The molecule has 10 heteroatoms. The second kappa shape index (κ2) is 5.24. The van der Waals surface area contributed by atoms with Gasteiger partial charge in [-0.3, -0.25) is 0 Å². The number of hydrogen-bond donors (Lipinski definition) is 1. The standard InChI is InChI=1S/C14H11F6N3O/c15-13(16,17)9-2-7(4-22-10(9)3-21)23-5-6-1-8(6)11(23)12(24)14(18,19)20/h2,4,6,8,11-12,24H,1,5H2/t6-,8-,11-,12+/m1/s1. The van der Waals surface area contributed by atoms with Gasteiger partial charge >= 0.3 is 12.4 Å². The van der Waals surface area contributed by atoms with E-state index in [0.717, 1.165) is 11.1 Å². The van der Waals surface area contributed by atoms with E-state index in [2.05, 4.69) is 4.98 Å². The van der Waals surface area contributed by atoms with Crippen molar-refractivity contribution in [2.75, 3.05) is 11.4 Å². The van der Waals surface area contributed by atoms with Crippen LogP contribution in [0, 0.1) is 23.2 Å². The van der Waals surface area contributed by atoms with E-state index >= 15 is 0 Å². The molecule has 0 spiro atoms. The summed E-state index contributed by atoms with van der Waals surface area (Å²) in [7, 11) is 0. The minimum atomic E-state index is -4.87. The number of fused-ring (bicyclic) bond motifs is 1. The molecule has 2 aliphatic rings. The average molecular weight is 351 g/mol. The number of piperidine rings is 1. The van der Waals surface area contributed by atoms with Gasteiger partial charge in [0, 0.05) is 6.54 Å². The number of nitriles is 1. The number of aliphatic hydroxyl groups excluding tert-OH is 1. The Bertz CT molecular complexity index is 695. The van der Waals surface area contributed by atoms with Crippen molar-refractivity contribution in [1.82, 2.24) is 4.98 Å². The number of pyridine rings is 1. The Morgan fingerprint density at radius 1 is 1.29 bits per heavy atom. The first-order chi connectivity index (χ1) is 11.0. The first kappa shape index (κ1) is 16.8. The highest BCUT2D eigenvalue weighted by Crippen LogP contribution is 2.53. The maximum atomic E-state index is 13.0. The monoisotopic (exact) mass is 351 g/mol. The molecule has 1 N–H and O–H groups in total.